The van der Waals surface area contributed by atoms with Gasteiger partial charge in [-0.05, 0) is 18.9 Å². The highest BCUT2D eigenvalue weighted by atomic mass is 35.5. The number of rotatable bonds is 6. The quantitative estimate of drug-likeness (QED) is 0.757. The van der Waals surface area contributed by atoms with E-state index in [-0.39, 0.29) is 11.9 Å². The van der Waals surface area contributed by atoms with Gasteiger partial charge in [0, 0.05) is 37.7 Å². The molecule has 1 N–H and O–H groups in total. The number of hydrogen-bond donors (Lipinski definition) is 1. The summed E-state index contributed by atoms with van der Waals surface area (Å²) in [7, 11) is -3.68. The summed E-state index contributed by atoms with van der Waals surface area (Å²) >= 11 is 5.78. The average molecular weight is 385 g/mol. The molecule has 0 spiro atoms. The Bertz CT molecular complexity index is 816. The normalized spacial score (nSPS) is 16.7. The number of sulfonamides is 1. The lowest BCUT2D eigenvalue weighted by molar-refractivity contribution is 0.100. The number of ketones is 1. The Morgan fingerprint density at radius 1 is 1.32 bits per heavy atom. The summed E-state index contributed by atoms with van der Waals surface area (Å²) < 4.78 is 31.8. The minimum Gasteiger partial charge on any atom is -0.474 e. The van der Waals surface area contributed by atoms with Gasteiger partial charge in [-0.25, -0.2) is 22.7 Å². The molecule has 3 heterocycles. The van der Waals surface area contributed by atoms with Gasteiger partial charge >= 0.3 is 0 Å². The second-order valence-electron chi connectivity index (χ2n) is 5.65. The van der Waals surface area contributed by atoms with Gasteiger partial charge in [0.2, 0.25) is 21.7 Å². The number of pyridine rings is 1. The van der Waals surface area contributed by atoms with Gasteiger partial charge in [-0.2, -0.15) is 0 Å². The van der Waals surface area contributed by atoms with Crippen molar-refractivity contribution in [2.75, 3.05) is 18.8 Å². The summed E-state index contributed by atoms with van der Waals surface area (Å²) in [6.45, 7) is 0.595. The first-order chi connectivity index (χ1) is 11.9. The number of aromatic nitrogens is 3. The molecule has 1 aliphatic heterocycles. The summed E-state index contributed by atoms with van der Waals surface area (Å²) in [5.41, 5.74) is 0. The predicted molar refractivity (Wildman–Crippen MR) is 91.2 cm³/mol. The standard InChI is InChI=1S/C15H17ClN4O4S/c16-11-1-2-14(19-9-11)24-12-3-7-20(8-4-12)25(22,23)10-13(21)15-17-5-6-18-15/h1-2,5-6,9,12H,3-4,7-8,10H2,(H,17,18). The van der Waals surface area contributed by atoms with Crippen molar-refractivity contribution in [3.8, 4) is 5.88 Å². The van der Waals surface area contributed by atoms with Crippen molar-refractivity contribution in [1.82, 2.24) is 19.3 Å². The third-order valence-corrected chi connectivity index (χ3v) is 5.86. The van der Waals surface area contributed by atoms with Crippen LogP contribution in [0.5, 0.6) is 5.88 Å². The molecule has 10 heteroatoms. The molecule has 134 valence electrons. The molecule has 3 rings (SSSR count). The molecule has 0 bridgehead atoms. The Kier molecular flexibility index (Phi) is 5.36. The van der Waals surface area contributed by atoms with Crippen LogP contribution in [0.1, 0.15) is 23.5 Å². The topological polar surface area (TPSA) is 105 Å². The van der Waals surface area contributed by atoms with Crippen molar-refractivity contribution in [2.45, 2.75) is 18.9 Å². The number of ether oxygens (including phenoxy) is 1. The molecule has 25 heavy (non-hydrogen) atoms. The Balaban J connectivity index is 1.54. The predicted octanol–water partition coefficient (Wildman–Crippen LogP) is 1.51. The number of imidazole rings is 1. The van der Waals surface area contributed by atoms with Gasteiger partial charge in [0.15, 0.2) is 5.82 Å². The average Bonchev–Trinajstić information content (AvgIpc) is 3.12. The molecule has 0 atom stereocenters. The molecule has 0 aliphatic carbocycles. The number of carbonyl (C=O) groups is 1. The van der Waals surface area contributed by atoms with Gasteiger partial charge in [0.1, 0.15) is 11.9 Å². The number of Topliss-reactive ketones (excluding diaryl/α,β-unsaturated/α-hetero) is 1. The SMILES string of the molecule is O=C(CS(=O)(=O)N1CCC(Oc2ccc(Cl)cn2)CC1)c1ncc[nH]1. The fourth-order valence-corrected chi connectivity index (χ4v) is 4.10. The molecular formula is C15H17ClN4O4S. The lowest BCUT2D eigenvalue weighted by Gasteiger charge is -2.30. The number of H-pyrrole nitrogens is 1. The van der Waals surface area contributed by atoms with Crippen LogP contribution in [0.3, 0.4) is 0 Å². The maximum atomic E-state index is 12.4. The van der Waals surface area contributed by atoms with Crippen LogP contribution in [0.15, 0.2) is 30.7 Å². The lowest BCUT2D eigenvalue weighted by Crippen LogP contribution is -2.43. The fraction of sp³-hybridized carbons (Fsp3) is 0.400. The van der Waals surface area contributed by atoms with Gasteiger partial charge < -0.3 is 9.72 Å². The smallest absolute Gasteiger partial charge is 0.221 e. The number of nitrogens with one attached hydrogen (secondary N) is 1. The van der Waals surface area contributed by atoms with Crippen LogP contribution < -0.4 is 4.74 Å². The van der Waals surface area contributed by atoms with Crippen molar-refractivity contribution in [1.29, 1.82) is 0 Å². The largest absolute Gasteiger partial charge is 0.474 e. The zero-order valence-electron chi connectivity index (χ0n) is 13.3. The number of aromatic amines is 1. The molecule has 0 aromatic carbocycles. The number of nitrogens with zero attached hydrogens (tertiary/aromatic N) is 3. The van der Waals surface area contributed by atoms with E-state index in [4.69, 9.17) is 16.3 Å². The molecule has 0 amide bonds. The summed E-state index contributed by atoms with van der Waals surface area (Å²) in [5, 5.41) is 0.523. The van der Waals surface area contributed by atoms with E-state index in [1.807, 2.05) is 0 Å². The number of hydrogen-bond acceptors (Lipinski definition) is 6. The number of piperidine rings is 1. The highest BCUT2D eigenvalue weighted by molar-refractivity contribution is 7.89. The van der Waals surface area contributed by atoms with E-state index in [1.165, 1.54) is 22.9 Å². The van der Waals surface area contributed by atoms with E-state index in [0.29, 0.717) is 36.8 Å². The third kappa shape index (κ3) is 4.56. The van der Waals surface area contributed by atoms with Crippen LogP contribution in [0.25, 0.3) is 0 Å². The Labute approximate surface area is 150 Å². The molecule has 1 saturated heterocycles. The van der Waals surface area contributed by atoms with E-state index >= 15 is 0 Å². The van der Waals surface area contributed by atoms with Crippen LogP contribution in [0, 0.1) is 0 Å². The van der Waals surface area contributed by atoms with Crippen molar-refractivity contribution >= 4 is 27.4 Å². The highest BCUT2D eigenvalue weighted by Crippen LogP contribution is 2.20. The van der Waals surface area contributed by atoms with Crippen molar-refractivity contribution < 1.29 is 17.9 Å². The van der Waals surface area contributed by atoms with Gasteiger partial charge in [-0.3, -0.25) is 4.79 Å². The molecule has 0 saturated carbocycles. The van der Waals surface area contributed by atoms with Gasteiger partial charge in [-0.15, -0.1) is 0 Å². The van der Waals surface area contributed by atoms with Crippen LogP contribution in [0.2, 0.25) is 5.02 Å². The summed E-state index contributed by atoms with van der Waals surface area (Å²) in [6, 6.07) is 3.36. The summed E-state index contributed by atoms with van der Waals surface area (Å²) in [4.78, 5) is 22.4. The first-order valence-corrected chi connectivity index (χ1v) is 9.71. The third-order valence-electron chi connectivity index (χ3n) is 3.86. The van der Waals surface area contributed by atoms with E-state index < -0.39 is 21.6 Å². The number of carbonyl (C=O) groups excluding carboxylic acids is 1. The summed E-state index contributed by atoms with van der Waals surface area (Å²) in [6.07, 6.45) is 5.31. The van der Waals surface area contributed by atoms with Crippen LogP contribution in [-0.4, -0.2) is 58.4 Å². The van der Waals surface area contributed by atoms with Gasteiger partial charge in [-0.1, -0.05) is 11.6 Å². The van der Waals surface area contributed by atoms with Crippen LogP contribution in [-0.2, 0) is 10.0 Å². The van der Waals surface area contributed by atoms with E-state index in [1.54, 1.807) is 12.1 Å². The minimum atomic E-state index is -3.68. The maximum Gasteiger partial charge on any atom is 0.221 e. The fourth-order valence-electron chi connectivity index (χ4n) is 2.57. The molecule has 1 aliphatic rings. The zero-order chi connectivity index (χ0) is 17.9. The van der Waals surface area contributed by atoms with Crippen LogP contribution in [0.4, 0.5) is 0 Å². The second-order valence-corrected chi connectivity index (χ2v) is 8.05. The molecule has 0 unspecified atom stereocenters. The molecule has 0 radical (unpaired) electrons. The van der Waals surface area contributed by atoms with Gasteiger partial charge in [0.25, 0.3) is 0 Å². The molecule has 2 aromatic heterocycles. The van der Waals surface area contributed by atoms with Crippen molar-refractivity contribution in [3.63, 3.8) is 0 Å². The number of halogens is 1. The van der Waals surface area contributed by atoms with Crippen molar-refractivity contribution in [2.24, 2.45) is 0 Å². The monoisotopic (exact) mass is 384 g/mol. The Morgan fingerprint density at radius 3 is 2.68 bits per heavy atom. The van der Waals surface area contributed by atoms with Crippen molar-refractivity contribution in [3.05, 3.63) is 41.6 Å². The highest BCUT2D eigenvalue weighted by Gasteiger charge is 2.31. The van der Waals surface area contributed by atoms with Gasteiger partial charge in [0.05, 0.1) is 5.02 Å². The zero-order valence-corrected chi connectivity index (χ0v) is 14.8. The Morgan fingerprint density at radius 2 is 2.08 bits per heavy atom. The second kappa shape index (κ2) is 7.51. The Hall–Kier alpha value is -1.97. The first kappa shape index (κ1) is 17.8. The minimum absolute atomic E-state index is 0.0515. The lowest BCUT2D eigenvalue weighted by atomic mass is 10.1. The summed E-state index contributed by atoms with van der Waals surface area (Å²) in [5.74, 6) is -0.631. The van der Waals surface area contributed by atoms with E-state index in [9.17, 15) is 13.2 Å². The first-order valence-electron chi connectivity index (χ1n) is 7.72. The van der Waals surface area contributed by atoms with Crippen LogP contribution >= 0.6 is 11.6 Å². The molecule has 2 aromatic rings. The molecular weight excluding hydrogens is 368 g/mol. The molecule has 8 nitrogen and oxygen atoms in total. The van der Waals surface area contributed by atoms with E-state index in [2.05, 4.69) is 15.0 Å². The maximum absolute atomic E-state index is 12.4. The van der Waals surface area contributed by atoms with E-state index in [0.717, 1.165) is 0 Å². The molecule has 1 fully saturated rings.